The number of aromatic hydroxyl groups is 1. The third-order valence-corrected chi connectivity index (χ3v) is 4.96. The van der Waals surface area contributed by atoms with Gasteiger partial charge in [-0.05, 0) is 48.8 Å². The van der Waals surface area contributed by atoms with Gasteiger partial charge in [0, 0.05) is 13.1 Å². The number of rotatable bonds is 5. The van der Waals surface area contributed by atoms with Crippen LogP contribution < -0.4 is 5.73 Å². The molecule has 0 bridgehead atoms. The predicted molar refractivity (Wildman–Crippen MR) is 84.0 cm³/mol. The average Bonchev–Trinajstić information content (AvgIpc) is 2.94. The van der Waals surface area contributed by atoms with Gasteiger partial charge in [0.2, 0.25) is 5.91 Å². The van der Waals surface area contributed by atoms with E-state index in [1.807, 2.05) is 17.0 Å². The number of likely N-dealkylation sites (tertiary alicyclic amines) is 1. The molecule has 4 nitrogen and oxygen atoms in total. The van der Waals surface area contributed by atoms with E-state index in [4.69, 9.17) is 5.73 Å². The van der Waals surface area contributed by atoms with Crippen molar-refractivity contribution in [3.63, 3.8) is 0 Å². The maximum absolute atomic E-state index is 12.5. The van der Waals surface area contributed by atoms with Crippen molar-refractivity contribution in [2.24, 2.45) is 11.1 Å². The Hall–Kier alpha value is -1.55. The molecule has 1 amide bonds. The lowest BCUT2D eigenvalue weighted by Gasteiger charge is -2.27. The molecule has 1 heterocycles. The molecular weight excluding hydrogens is 264 g/mol. The minimum absolute atomic E-state index is 0.0480. The minimum Gasteiger partial charge on any atom is -0.508 e. The minimum atomic E-state index is -0.501. The number of amides is 1. The van der Waals surface area contributed by atoms with Gasteiger partial charge in [0.25, 0.3) is 0 Å². The van der Waals surface area contributed by atoms with Crippen LogP contribution in [0, 0.1) is 5.41 Å². The van der Waals surface area contributed by atoms with E-state index in [-0.39, 0.29) is 17.1 Å². The summed E-state index contributed by atoms with van der Waals surface area (Å²) in [5.41, 5.74) is 7.35. The Kier molecular flexibility index (Phi) is 4.88. The van der Waals surface area contributed by atoms with Crippen LogP contribution in [0.1, 0.15) is 38.7 Å². The van der Waals surface area contributed by atoms with Crippen LogP contribution in [0.3, 0.4) is 0 Å². The SMILES string of the molecule is CCC1(CC)CCN(C(=O)C(N)Cc2ccc(O)cc2)C1. The van der Waals surface area contributed by atoms with Crippen LogP contribution in [0.4, 0.5) is 0 Å². The van der Waals surface area contributed by atoms with Crippen LogP contribution in [0.25, 0.3) is 0 Å². The molecule has 1 aliphatic heterocycles. The van der Waals surface area contributed by atoms with Crippen LogP contribution >= 0.6 is 0 Å². The van der Waals surface area contributed by atoms with Gasteiger partial charge in [-0.25, -0.2) is 0 Å². The lowest BCUT2D eigenvalue weighted by Crippen LogP contribution is -2.44. The molecule has 116 valence electrons. The fourth-order valence-corrected chi connectivity index (χ4v) is 3.16. The van der Waals surface area contributed by atoms with E-state index in [1.54, 1.807) is 12.1 Å². The maximum atomic E-state index is 12.5. The number of carbonyl (C=O) groups is 1. The molecule has 0 spiro atoms. The molecule has 1 saturated heterocycles. The van der Waals surface area contributed by atoms with Gasteiger partial charge < -0.3 is 15.7 Å². The summed E-state index contributed by atoms with van der Waals surface area (Å²) in [6.45, 7) is 6.06. The Morgan fingerprint density at radius 2 is 1.95 bits per heavy atom. The summed E-state index contributed by atoms with van der Waals surface area (Å²) in [7, 11) is 0. The summed E-state index contributed by atoms with van der Waals surface area (Å²) in [5.74, 6) is 0.278. The molecule has 1 unspecified atom stereocenters. The molecule has 0 radical (unpaired) electrons. The number of hydrogen-bond donors (Lipinski definition) is 2. The van der Waals surface area contributed by atoms with E-state index >= 15 is 0 Å². The number of carbonyl (C=O) groups excluding carboxylic acids is 1. The van der Waals surface area contributed by atoms with Crippen molar-refractivity contribution in [2.45, 2.75) is 45.6 Å². The second kappa shape index (κ2) is 6.48. The Morgan fingerprint density at radius 1 is 1.33 bits per heavy atom. The van der Waals surface area contributed by atoms with Crippen LogP contribution in [0.15, 0.2) is 24.3 Å². The first kappa shape index (κ1) is 15.8. The van der Waals surface area contributed by atoms with Crippen molar-refractivity contribution in [1.29, 1.82) is 0 Å². The summed E-state index contributed by atoms with van der Waals surface area (Å²) in [5, 5.41) is 9.28. The van der Waals surface area contributed by atoms with E-state index in [0.29, 0.717) is 6.42 Å². The summed E-state index contributed by atoms with van der Waals surface area (Å²) in [4.78, 5) is 14.4. The van der Waals surface area contributed by atoms with E-state index in [9.17, 15) is 9.90 Å². The van der Waals surface area contributed by atoms with E-state index in [2.05, 4.69) is 13.8 Å². The molecule has 2 rings (SSSR count). The highest BCUT2D eigenvalue weighted by atomic mass is 16.3. The number of benzene rings is 1. The zero-order valence-electron chi connectivity index (χ0n) is 13.0. The third-order valence-electron chi connectivity index (χ3n) is 4.96. The molecule has 1 aliphatic rings. The first-order valence-electron chi connectivity index (χ1n) is 7.82. The molecule has 3 N–H and O–H groups in total. The number of nitrogens with two attached hydrogens (primary N) is 1. The van der Waals surface area contributed by atoms with E-state index in [1.165, 1.54) is 0 Å². The smallest absolute Gasteiger partial charge is 0.239 e. The van der Waals surface area contributed by atoms with Gasteiger partial charge >= 0.3 is 0 Å². The Labute approximate surface area is 126 Å². The van der Waals surface area contributed by atoms with Gasteiger partial charge in [0.05, 0.1) is 6.04 Å². The monoisotopic (exact) mass is 290 g/mol. The molecule has 1 atom stereocenters. The Balaban J connectivity index is 1.95. The highest BCUT2D eigenvalue weighted by Gasteiger charge is 2.38. The number of hydrogen-bond acceptors (Lipinski definition) is 3. The van der Waals surface area contributed by atoms with Gasteiger partial charge in [-0.15, -0.1) is 0 Å². The summed E-state index contributed by atoms with van der Waals surface area (Å²) >= 11 is 0. The second-order valence-corrected chi connectivity index (χ2v) is 6.19. The zero-order chi connectivity index (χ0) is 15.5. The van der Waals surface area contributed by atoms with Crippen molar-refractivity contribution in [3.8, 4) is 5.75 Å². The van der Waals surface area contributed by atoms with Crippen molar-refractivity contribution < 1.29 is 9.90 Å². The highest BCUT2D eigenvalue weighted by molar-refractivity contribution is 5.82. The molecule has 1 aromatic rings. The average molecular weight is 290 g/mol. The molecule has 4 heteroatoms. The summed E-state index contributed by atoms with van der Waals surface area (Å²) < 4.78 is 0. The van der Waals surface area contributed by atoms with E-state index in [0.717, 1.165) is 37.9 Å². The summed E-state index contributed by atoms with van der Waals surface area (Å²) in [6, 6.07) is 6.38. The molecule has 0 aromatic heterocycles. The van der Waals surface area contributed by atoms with Crippen molar-refractivity contribution in [2.75, 3.05) is 13.1 Å². The molecule has 0 aliphatic carbocycles. The zero-order valence-corrected chi connectivity index (χ0v) is 13.0. The molecule has 21 heavy (non-hydrogen) atoms. The first-order valence-corrected chi connectivity index (χ1v) is 7.82. The van der Waals surface area contributed by atoms with Crippen molar-refractivity contribution in [1.82, 2.24) is 4.90 Å². The quantitative estimate of drug-likeness (QED) is 0.874. The van der Waals surface area contributed by atoms with Crippen molar-refractivity contribution in [3.05, 3.63) is 29.8 Å². The van der Waals surface area contributed by atoms with Gasteiger partial charge in [0.1, 0.15) is 5.75 Å². The normalized spacial score (nSPS) is 18.7. The molecular formula is C17H26N2O2. The lowest BCUT2D eigenvalue weighted by atomic mass is 9.82. The van der Waals surface area contributed by atoms with Crippen molar-refractivity contribution >= 4 is 5.91 Å². The predicted octanol–water partition coefficient (Wildman–Crippen LogP) is 2.30. The third kappa shape index (κ3) is 3.56. The van der Waals surface area contributed by atoms with Crippen LogP contribution in [-0.2, 0) is 11.2 Å². The maximum Gasteiger partial charge on any atom is 0.239 e. The fraction of sp³-hybridized carbons (Fsp3) is 0.588. The van der Waals surface area contributed by atoms with Gasteiger partial charge in [-0.3, -0.25) is 4.79 Å². The summed E-state index contributed by atoms with van der Waals surface area (Å²) in [6.07, 6.45) is 3.82. The number of phenols is 1. The largest absolute Gasteiger partial charge is 0.508 e. The highest BCUT2D eigenvalue weighted by Crippen LogP contribution is 2.37. The van der Waals surface area contributed by atoms with Crippen LogP contribution in [-0.4, -0.2) is 35.0 Å². The van der Waals surface area contributed by atoms with Gasteiger partial charge in [-0.1, -0.05) is 26.0 Å². The van der Waals surface area contributed by atoms with E-state index < -0.39 is 6.04 Å². The van der Waals surface area contributed by atoms with Crippen LogP contribution in [0.2, 0.25) is 0 Å². The van der Waals surface area contributed by atoms with Crippen LogP contribution in [0.5, 0.6) is 5.75 Å². The second-order valence-electron chi connectivity index (χ2n) is 6.19. The van der Waals surface area contributed by atoms with Gasteiger partial charge in [0.15, 0.2) is 0 Å². The first-order chi connectivity index (χ1) is 9.99. The molecule has 1 fully saturated rings. The van der Waals surface area contributed by atoms with Gasteiger partial charge in [-0.2, -0.15) is 0 Å². The Morgan fingerprint density at radius 3 is 2.48 bits per heavy atom. The number of nitrogens with zero attached hydrogens (tertiary/aromatic N) is 1. The Bertz CT molecular complexity index is 480. The molecule has 1 aromatic carbocycles. The number of phenolic OH excluding ortho intramolecular Hbond substituents is 1. The standard InChI is InChI=1S/C17H26N2O2/c1-3-17(4-2)9-10-19(12-17)16(21)15(18)11-13-5-7-14(20)8-6-13/h5-8,15,20H,3-4,9-12,18H2,1-2H3. The molecule has 0 saturated carbocycles. The topological polar surface area (TPSA) is 66.6 Å². The fourth-order valence-electron chi connectivity index (χ4n) is 3.16. The lowest BCUT2D eigenvalue weighted by molar-refractivity contribution is -0.131.